The molecule has 1 amide bonds. The Morgan fingerprint density at radius 1 is 0.900 bits per heavy atom. The Hall–Kier alpha value is -3.22. The van der Waals surface area contributed by atoms with Crippen LogP contribution >= 0.6 is 0 Å². The summed E-state index contributed by atoms with van der Waals surface area (Å²) in [6.45, 7) is 0. The molecule has 0 aliphatic rings. The van der Waals surface area contributed by atoms with E-state index in [1.165, 1.54) is 0 Å². The predicted molar refractivity (Wildman–Crippen MR) is 116 cm³/mol. The average Bonchev–Trinajstić information content (AvgIpc) is 2.78. The van der Waals surface area contributed by atoms with E-state index in [0.717, 1.165) is 22.3 Å². The van der Waals surface area contributed by atoms with Crippen molar-refractivity contribution in [1.82, 2.24) is 10.0 Å². The number of nitrogens with two attached hydrogens (primary N) is 1. The molecule has 0 spiro atoms. The van der Waals surface area contributed by atoms with Crippen molar-refractivity contribution in [3.63, 3.8) is 0 Å². The normalized spacial score (nSPS) is 12.9. The predicted octanol–water partition coefficient (Wildman–Crippen LogP) is 4.38. The topological polar surface area (TPSA) is 99.7 Å². The lowest BCUT2D eigenvalue weighted by molar-refractivity contribution is -0.0984. The molecule has 0 fully saturated rings. The van der Waals surface area contributed by atoms with Gasteiger partial charge in [0.15, 0.2) is 0 Å². The van der Waals surface area contributed by atoms with Crippen LogP contribution in [0.1, 0.15) is 24.0 Å². The lowest BCUT2D eigenvalue weighted by Gasteiger charge is -2.25. The van der Waals surface area contributed by atoms with Gasteiger partial charge in [0.1, 0.15) is 0 Å². The van der Waals surface area contributed by atoms with Gasteiger partial charge in [0.25, 0.3) is 0 Å². The molecule has 2 aromatic carbocycles. The lowest BCUT2D eigenvalue weighted by atomic mass is 9.95. The molecular formula is C24H27N3O3. The number of rotatable bonds is 9. The van der Waals surface area contributed by atoms with Crippen molar-refractivity contribution in [3.05, 3.63) is 90.3 Å². The van der Waals surface area contributed by atoms with Crippen molar-refractivity contribution in [3.8, 4) is 11.1 Å². The van der Waals surface area contributed by atoms with Crippen LogP contribution < -0.4 is 5.73 Å². The summed E-state index contributed by atoms with van der Waals surface area (Å²) in [7, 11) is 0. The van der Waals surface area contributed by atoms with Crippen LogP contribution in [0.5, 0.6) is 0 Å². The van der Waals surface area contributed by atoms with Crippen molar-refractivity contribution in [2.75, 3.05) is 0 Å². The molecular weight excluding hydrogens is 378 g/mol. The number of hydroxylamine groups is 2. The first kappa shape index (κ1) is 21.5. The van der Waals surface area contributed by atoms with E-state index in [1.807, 2.05) is 66.7 Å². The third-order valence-corrected chi connectivity index (χ3v) is 5.17. The number of hydrogen-bond acceptors (Lipinski definition) is 4. The van der Waals surface area contributed by atoms with E-state index in [-0.39, 0.29) is 6.04 Å². The van der Waals surface area contributed by atoms with Crippen LogP contribution in [-0.2, 0) is 12.8 Å². The number of hydrogen-bond donors (Lipinski definition) is 3. The minimum Gasteiger partial charge on any atom is -0.463 e. The molecule has 2 atom stereocenters. The standard InChI is InChI=1S/C24H27N3O3/c25-22(15-18-5-2-1-3-6-18)12-13-23(27(30)24(28)29)16-19-8-10-20(11-9-19)21-7-4-14-26-17-21/h1-11,14,17,22-23,30H,12-13,15-16,25H2,(H,28,29)/t22-,23?/m0/s1. The maximum absolute atomic E-state index is 11.3. The second-order valence-electron chi connectivity index (χ2n) is 7.45. The number of carboxylic acid groups (broad SMARTS) is 1. The Balaban J connectivity index is 1.63. The summed E-state index contributed by atoms with van der Waals surface area (Å²) in [5, 5.41) is 19.7. The van der Waals surface area contributed by atoms with E-state index >= 15 is 0 Å². The van der Waals surface area contributed by atoms with Gasteiger partial charge in [-0.25, -0.2) is 4.79 Å². The first-order valence-electron chi connectivity index (χ1n) is 10.0. The van der Waals surface area contributed by atoms with Gasteiger partial charge in [-0.3, -0.25) is 10.2 Å². The van der Waals surface area contributed by atoms with Gasteiger partial charge >= 0.3 is 6.09 Å². The Bertz CT molecular complexity index is 917. The quantitative estimate of drug-likeness (QED) is 0.362. The van der Waals surface area contributed by atoms with Gasteiger partial charge in [-0.1, -0.05) is 60.7 Å². The van der Waals surface area contributed by atoms with Crippen molar-refractivity contribution < 1.29 is 15.1 Å². The van der Waals surface area contributed by atoms with E-state index < -0.39 is 12.1 Å². The van der Waals surface area contributed by atoms with Crippen LogP contribution in [0.4, 0.5) is 4.79 Å². The zero-order valence-electron chi connectivity index (χ0n) is 16.8. The molecule has 6 heteroatoms. The first-order valence-corrected chi connectivity index (χ1v) is 10.0. The van der Waals surface area contributed by atoms with Gasteiger partial charge < -0.3 is 10.8 Å². The molecule has 0 saturated heterocycles. The summed E-state index contributed by atoms with van der Waals surface area (Å²) in [6, 6.07) is 21.0. The largest absolute Gasteiger partial charge is 0.463 e. The number of nitrogens with zero attached hydrogens (tertiary/aromatic N) is 2. The molecule has 3 aromatic rings. The van der Waals surface area contributed by atoms with Crippen molar-refractivity contribution in [2.45, 2.75) is 37.8 Å². The van der Waals surface area contributed by atoms with Gasteiger partial charge in [-0.15, -0.1) is 0 Å². The van der Waals surface area contributed by atoms with E-state index in [2.05, 4.69) is 4.98 Å². The molecule has 0 aliphatic heterocycles. The van der Waals surface area contributed by atoms with Crippen molar-refractivity contribution in [1.29, 1.82) is 0 Å². The highest BCUT2D eigenvalue weighted by Gasteiger charge is 2.23. The van der Waals surface area contributed by atoms with Gasteiger partial charge in [0.2, 0.25) is 0 Å². The fraction of sp³-hybridized carbons (Fsp3) is 0.250. The maximum atomic E-state index is 11.3. The average molecular weight is 405 g/mol. The van der Waals surface area contributed by atoms with Crippen LogP contribution in [0.15, 0.2) is 79.1 Å². The van der Waals surface area contributed by atoms with E-state index in [0.29, 0.717) is 30.7 Å². The summed E-state index contributed by atoms with van der Waals surface area (Å²) >= 11 is 0. The van der Waals surface area contributed by atoms with Crippen LogP contribution in [0.3, 0.4) is 0 Å². The van der Waals surface area contributed by atoms with E-state index in [9.17, 15) is 15.1 Å². The van der Waals surface area contributed by atoms with E-state index in [4.69, 9.17) is 5.73 Å². The molecule has 0 bridgehead atoms. The molecule has 0 radical (unpaired) electrons. The highest BCUT2D eigenvalue weighted by molar-refractivity contribution is 5.64. The van der Waals surface area contributed by atoms with Crippen molar-refractivity contribution in [2.24, 2.45) is 5.73 Å². The third kappa shape index (κ3) is 6.14. The maximum Gasteiger partial charge on any atom is 0.431 e. The minimum absolute atomic E-state index is 0.106. The van der Waals surface area contributed by atoms with Crippen molar-refractivity contribution >= 4 is 6.09 Å². The summed E-state index contributed by atoms with van der Waals surface area (Å²) in [4.78, 5) is 15.5. The monoisotopic (exact) mass is 405 g/mol. The molecule has 1 unspecified atom stereocenters. The fourth-order valence-corrected chi connectivity index (χ4v) is 3.53. The summed E-state index contributed by atoms with van der Waals surface area (Å²) < 4.78 is 0. The molecule has 0 aliphatic carbocycles. The SMILES string of the molecule is N[C@@H](CCC(Cc1ccc(-c2cccnc2)cc1)N(O)C(=O)O)Cc1ccccc1. The Kier molecular flexibility index (Phi) is 7.54. The zero-order valence-corrected chi connectivity index (χ0v) is 16.8. The minimum atomic E-state index is -1.36. The van der Waals surface area contributed by atoms with Gasteiger partial charge in [-0.2, -0.15) is 5.06 Å². The highest BCUT2D eigenvalue weighted by atomic mass is 16.6. The van der Waals surface area contributed by atoms with Crippen LogP contribution in [0, 0.1) is 0 Å². The second-order valence-corrected chi connectivity index (χ2v) is 7.45. The Labute approximate surface area is 176 Å². The highest BCUT2D eigenvalue weighted by Crippen LogP contribution is 2.21. The molecule has 6 nitrogen and oxygen atoms in total. The summed E-state index contributed by atoms with van der Waals surface area (Å²) in [6.07, 6.45) is 4.38. The number of benzene rings is 2. The molecule has 30 heavy (non-hydrogen) atoms. The molecule has 156 valence electrons. The summed E-state index contributed by atoms with van der Waals surface area (Å²) in [5.74, 6) is 0. The van der Waals surface area contributed by atoms with E-state index in [1.54, 1.807) is 12.4 Å². The lowest BCUT2D eigenvalue weighted by Crippen LogP contribution is -2.39. The second kappa shape index (κ2) is 10.5. The van der Waals surface area contributed by atoms with Crippen LogP contribution in [0.2, 0.25) is 0 Å². The van der Waals surface area contributed by atoms with Gasteiger partial charge in [0.05, 0.1) is 6.04 Å². The fourth-order valence-electron chi connectivity index (χ4n) is 3.53. The van der Waals surface area contributed by atoms with Gasteiger partial charge in [-0.05, 0) is 54.0 Å². The number of amides is 1. The Morgan fingerprint density at radius 3 is 2.23 bits per heavy atom. The van der Waals surface area contributed by atoms with Crippen LogP contribution in [-0.4, -0.2) is 38.5 Å². The molecule has 4 N–H and O–H groups in total. The zero-order chi connectivity index (χ0) is 21.3. The number of aromatic nitrogens is 1. The molecule has 1 aromatic heterocycles. The van der Waals surface area contributed by atoms with Gasteiger partial charge in [0, 0.05) is 18.4 Å². The Morgan fingerprint density at radius 2 is 1.60 bits per heavy atom. The first-order chi connectivity index (χ1) is 14.5. The van der Waals surface area contributed by atoms with Crippen LogP contribution in [0.25, 0.3) is 11.1 Å². The third-order valence-electron chi connectivity index (χ3n) is 5.17. The number of pyridine rings is 1. The molecule has 1 heterocycles. The smallest absolute Gasteiger partial charge is 0.431 e. The molecule has 3 rings (SSSR count). The number of carbonyl (C=O) groups is 1. The summed E-state index contributed by atoms with van der Waals surface area (Å²) in [5.41, 5.74) is 10.4. The molecule has 0 saturated carbocycles.